The van der Waals surface area contributed by atoms with Crippen LogP contribution in [0.2, 0.25) is 0 Å². The largest absolute Gasteiger partial charge is 0.504 e. The van der Waals surface area contributed by atoms with Gasteiger partial charge in [0.1, 0.15) is 0 Å². The monoisotopic (exact) mass is 208 g/mol. The van der Waals surface area contributed by atoms with Crippen LogP contribution in [0.3, 0.4) is 0 Å². The quantitative estimate of drug-likeness (QED) is 0.803. The Balaban J connectivity index is 2.66. The van der Waals surface area contributed by atoms with E-state index >= 15 is 0 Å². The molecule has 0 bridgehead atoms. The zero-order chi connectivity index (χ0) is 11.2. The van der Waals surface area contributed by atoms with Gasteiger partial charge in [-0.1, -0.05) is 6.92 Å². The number of fused-ring (bicyclic) bond motifs is 1. The summed E-state index contributed by atoms with van der Waals surface area (Å²) in [7, 11) is 2.92. The normalized spacial score (nSPS) is 18.1. The number of hydrogen-bond acceptors (Lipinski definition) is 4. The topological polar surface area (TPSA) is 55.8 Å². The summed E-state index contributed by atoms with van der Waals surface area (Å²) >= 11 is 0. The molecule has 15 heavy (non-hydrogen) atoms. The smallest absolute Gasteiger partial charge is 0.203 e. The Morgan fingerprint density at radius 2 is 2.00 bits per heavy atom. The number of ketones is 1. The molecule has 0 saturated carbocycles. The van der Waals surface area contributed by atoms with E-state index in [0.29, 0.717) is 16.9 Å². The lowest BCUT2D eigenvalue weighted by Crippen LogP contribution is -2.24. The number of benzene rings is 1. The van der Waals surface area contributed by atoms with Gasteiger partial charge in [-0.05, 0) is 6.07 Å². The number of phenols is 1. The van der Waals surface area contributed by atoms with E-state index in [0.717, 1.165) is 0 Å². The molecule has 1 atom stereocenters. The number of hydrogen-bond donors (Lipinski definition) is 1. The average molecular weight is 208 g/mol. The third kappa shape index (κ3) is 1.11. The summed E-state index contributed by atoms with van der Waals surface area (Å²) in [6, 6.07) is 1.61. The van der Waals surface area contributed by atoms with Crippen LogP contribution in [-0.4, -0.2) is 25.1 Å². The molecule has 0 saturated heterocycles. The molecule has 1 aliphatic rings. The van der Waals surface area contributed by atoms with E-state index in [4.69, 9.17) is 9.47 Å². The molecule has 1 unspecified atom stereocenters. The van der Waals surface area contributed by atoms with E-state index in [1.165, 1.54) is 14.2 Å². The second-order valence-electron chi connectivity index (χ2n) is 3.51. The van der Waals surface area contributed by atoms with Crippen molar-refractivity contribution in [2.24, 2.45) is 0 Å². The highest BCUT2D eigenvalue weighted by Crippen LogP contribution is 2.50. The van der Waals surface area contributed by atoms with Crippen LogP contribution in [0.15, 0.2) is 6.07 Å². The van der Waals surface area contributed by atoms with Crippen LogP contribution >= 0.6 is 0 Å². The number of aromatic hydroxyl groups is 1. The van der Waals surface area contributed by atoms with Crippen LogP contribution < -0.4 is 9.47 Å². The van der Waals surface area contributed by atoms with Crippen molar-refractivity contribution >= 4 is 5.78 Å². The van der Waals surface area contributed by atoms with Crippen molar-refractivity contribution < 1.29 is 19.4 Å². The number of Topliss-reactive ketones (excluding diaryl/α,β-unsaturated/α-hetero) is 1. The average Bonchev–Trinajstić information content (AvgIpc) is 2.26. The fourth-order valence-electron chi connectivity index (χ4n) is 1.92. The maximum Gasteiger partial charge on any atom is 0.203 e. The van der Waals surface area contributed by atoms with E-state index < -0.39 is 0 Å². The first-order valence-corrected chi connectivity index (χ1v) is 4.63. The minimum atomic E-state index is -0.250. The van der Waals surface area contributed by atoms with E-state index in [2.05, 4.69) is 0 Å². The minimum absolute atomic E-state index is 0.0129. The Morgan fingerprint density at radius 1 is 1.33 bits per heavy atom. The highest BCUT2D eigenvalue weighted by Gasteiger charge is 2.38. The van der Waals surface area contributed by atoms with Crippen molar-refractivity contribution in [2.45, 2.75) is 12.8 Å². The van der Waals surface area contributed by atoms with Gasteiger partial charge in [0, 0.05) is 17.0 Å². The second kappa shape index (κ2) is 3.15. The van der Waals surface area contributed by atoms with Crippen molar-refractivity contribution in [3.05, 3.63) is 17.2 Å². The number of carbonyl (C=O) groups excluding carboxylic acids is 1. The Bertz CT molecular complexity index is 437. The van der Waals surface area contributed by atoms with Crippen LogP contribution in [0, 0.1) is 0 Å². The first-order valence-electron chi connectivity index (χ1n) is 4.63. The molecule has 80 valence electrons. The summed E-state index contributed by atoms with van der Waals surface area (Å²) in [6.45, 7) is 1.76. The molecule has 2 rings (SSSR count). The fourth-order valence-corrected chi connectivity index (χ4v) is 1.92. The standard InChI is InChI=1S/C11H12O4/c1-5-8-6(9(5)12)4-7(14-2)11(15-3)10(8)13/h4-5,13H,1-3H3. The maximum absolute atomic E-state index is 11.5. The fraction of sp³-hybridized carbons (Fsp3) is 0.364. The maximum atomic E-state index is 11.5. The third-order valence-corrected chi connectivity index (χ3v) is 2.78. The third-order valence-electron chi connectivity index (χ3n) is 2.78. The molecule has 0 amide bonds. The summed E-state index contributed by atoms with van der Waals surface area (Å²) in [5.41, 5.74) is 1.18. The minimum Gasteiger partial charge on any atom is -0.504 e. The van der Waals surface area contributed by atoms with Gasteiger partial charge in [-0.2, -0.15) is 0 Å². The lowest BCUT2D eigenvalue weighted by molar-refractivity contribution is 0.0931. The Morgan fingerprint density at radius 3 is 2.53 bits per heavy atom. The summed E-state index contributed by atoms with van der Waals surface area (Å²) in [4.78, 5) is 11.5. The zero-order valence-corrected chi connectivity index (χ0v) is 8.83. The highest BCUT2D eigenvalue weighted by atomic mass is 16.5. The van der Waals surface area contributed by atoms with Gasteiger partial charge in [-0.25, -0.2) is 0 Å². The lowest BCUT2D eigenvalue weighted by atomic mass is 9.76. The van der Waals surface area contributed by atoms with E-state index in [-0.39, 0.29) is 23.2 Å². The zero-order valence-electron chi connectivity index (χ0n) is 8.83. The van der Waals surface area contributed by atoms with Gasteiger partial charge in [0.2, 0.25) is 5.75 Å². The molecule has 1 aromatic carbocycles. The van der Waals surface area contributed by atoms with Gasteiger partial charge < -0.3 is 14.6 Å². The molecule has 0 radical (unpaired) electrons. The number of methoxy groups -OCH3 is 2. The number of carbonyl (C=O) groups is 1. The van der Waals surface area contributed by atoms with Crippen molar-refractivity contribution in [3.63, 3.8) is 0 Å². The van der Waals surface area contributed by atoms with Crippen molar-refractivity contribution in [3.8, 4) is 17.2 Å². The first kappa shape index (κ1) is 9.83. The molecule has 1 N–H and O–H groups in total. The van der Waals surface area contributed by atoms with Crippen LogP contribution in [0.4, 0.5) is 0 Å². The number of rotatable bonds is 2. The van der Waals surface area contributed by atoms with Gasteiger partial charge in [-0.15, -0.1) is 0 Å². The van der Waals surface area contributed by atoms with Gasteiger partial charge in [0.15, 0.2) is 17.3 Å². The molecular weight excluding hydrogens is 196 g/mol. The summed E-state index contributed by atoms with van der Waals surface area (Å²) in [5, 5.41) is 9.87. The molecule has 0 fully saturated rings. The molecule has 1 aromatic rings. The van der Waals surface area contributed by atoms with Gasteiger partial charge in [0.25, 0.3) is 0 Å². The predicted octanol–water partition coefficient (Wildman–Crippen LogP) is 1.71. The Hall–Kier alpha value is -1.71. The van der Waals surface area contributed by atoms with Crippen LogP contribution in [0.5, 0.6) is 17.2 Å². The molecule has 0 aliphatic heterocycles. The Labute approximate surface area is 87.4 Å². The van der Waals surface area contributed by atoms with Crippen LogP contribution in [0.25, 0.3) is 0 Å². The summed E-state index contributed by atoms with van der Waals surface area (Å²) in [5.74, 6) is 0.463. The van der Waals surface area contributed by atoms with E-state index in [1.807, 2.05) is 0 Å². The summed E-state index contributed by atoms with van der Waals surface area (Å²) < 4.78 is 10.1. The Kier molecular flexibility index (Phi) is 2.07. The first-order chi connectivity index (χ1) is 7.11. The second-order valence-corrected chi connectivity index (χ2v) is 3.51. The number of ether oxygens (including phenoxy) is 2. The highest BCUT2D eigenvalue weighted by molar-refractivity contribution is 6.12. The SMILES string of the molecule is COc1cc2c(c(O)c1OC)C(C)C2=O. The molecule has 4 heteroatoms. The van der Waals surface area contributed by atoms with Gasteiger partial charge in [-0.3, -0.25) is 4.79 Å². The molecule has 4 nitrogen and oxygen atoms in total. The summed E-state index contributed by atoms with van der Waals surface area (Å²) in [6.07, 6.45) is 0. The molecule has 1 aliphatic carbocycles. The van der Waals surface area contributed by atoms with Crippen molar-refractivity contribution in [1.29, 1.82) is 0 Å². The van der Waals surface area contributed by atoms with E-state index in [1.54, 1.807) is 13.0 Å². The molecular formula is C11H12O4. The van der Waals surface area contributed by atoms with Crippen molar-refractivity contribution in [1.82, 2.24) is 0 Å². The van der Waals surface area contributed by atoms with Crippen LogP contribution in [0.1, 0.15) is 28.8 Å². The lowest BCUT2D eigenvalue weighted by Gasteiger charge is -2.27. The number of phenolic OH excluding ortho intramolecular Hbond substituents is 1. The van der Waals surface area contributed by atoms with Gasteiger partial charge >= 0.3 is 0 Å². The molecule has 0 spiro atoms. The van der Waals surface area contributed by atoms with E-state index in [9.17, 15) is 9.90 Å². The van der Waals surface area contributed by atoms with Crippen LogP contribution in [-0.2, 0) is 0 Å². The molecule has 0 heterocycles. The van der Waals surface area contributed by atoms with Gasteiger partial charge in [0.05, 0.1) is 14.2 Å². The van der Waals surface area contributed by atoms with Crippen molar-refractivity contribution in [2.75, 3.05) is 14.2 Å². The molecule has 0 aromatic heterocycles. The predicted molar refractivity (Wildman–Crippen MR) is 54.0 cm³/mol.